The van der Waals surface area contributed by atoms with Gasteiger partial charge in [-0.2, -0.15) is 0 Å². The third-order valence-corrected chi connectivity index (χ3v) is 4.07. The molecular weight excluding hydrogens is 310 g/mol. The lowest BCUT2D eigenvalue weighted by molar-refractivity contribution is 0.562. The molecule has 0 radical (unpaired) electrons. The van der Waals surface area contributed by atoms with E-state index in [1.165, 1.54) is 0 Å². The maximum atomic E-state index is 11.7. The fraction of sp³-hybridized carbons (Fsp3) is 0.364. The average Bonchev–Trinajstić information content (AvgIpc) is 2.17. The van der Waals surface area contributed by atoms with E-state index < -0.39 is 11.4 Å². The molecule has 0 aliphatic carbocycles. The molecule has 0 bridgehead atoms. The van der Waals surface area contributed by atoms with Gasteiger partial charge in [-0.1, -0.05) is 31.9 Å². The molecular formula is C11H13BrClNOS. The van der Waals surface area contributed by atoms with Crippen LogP contribution in [-0.2, 0) is 11.4 Å². The molecule has 0 heterocycles. The van der Waals surface area contributed by atoms with Gasteiger partial charge in [-0.15, -0.1) is 0 Å². The Balaban J connectivity index is 2.88. The van der Waals surface area contributed by atoms with Crippen LogP contribution in [0.25, 0.3) is 0 Å². The summed E-state index contributed by atoms with van der Waals surface area (Å²) in [6.07, 6.45) is 1.58. The molecule has 0 saturated heterocycles. The van der Waals surface area contributed by atoms with Gasteiger partial charge in [-0.05, 0) is 39.0 Å². The molecule has 1 atom stereocenters. The number of rotatable bonds is 2. The van der Waals surface area contributed by atoms with E-state index in [0.29, 0.717) is 5.02 Å². The molecule has 2 nitrogen and oxygen atoms in total. The van der Waals surface area contributed by atoms with Crippen molar-refractivity contribution in [3.63, 3.8) is 0 Å². The molecule has 1 aromatic rings. The van der Waals surface area contributed by atoms with E-state index in [-0.39, 0.29) is 4.75 Å². The predicted octanol–water partition coefficient (Wildman–Crippen LogP) is 3.98. The van der Waals surface area contributed by atoms with E-state index in [2.05, 4.69) is 20.3 Å². The fourth-order valence-electron chi connectivity index (χ4n) is 0.876. The van der Waals surface area contributed by atoms with E-state index in [1.54, 1.807) is 18.3 Å². The molecule has 16 heavy (non-hydrogen) atoms. The summed E-state index contributed by atoms with van der Waals surface area (Å²) in [6.45, 7) is 5.65. The lowest BCUT2D eigenvalue weighted by Gasteiger charge is -2.17. The molecule has 0 spiro atoms. The van der Waals surface area contributed by atoms with Crippen molar-refractivity contribution in [2.24, 2.45) is 4.40 Å². The Bertz CT molecular complexity index is 403. The van der Waals surface area contributed by atoms with Crippen molar-refractivity contribution in [1.82, 2.24) is 0 Å². The van der Waals surface area contributed by atoms with Crippen LogP contribution in [0.3, 0.4) is 0 Å². The highest BCUT2D eigenvalue weighted by Crippen LogP contribution is 2.21. The van der Waals surface area contributed by atoms with Gasteiger partial charge in [-0.25, -0.2) is 0 Å². The molecule has 5 heteroatoms. The fourth-order valence-corrected chi connectivity index (χ4v) is 1.93. The molecule has 0 aromatic heterocycles. The molecule has 1 rings (SSSR count). The number of halogens is 2. The van der Waals surface area contributed by atoms with Crippen LogP contribution in [0.1, 0.15) is 26.3 Å². The van der Waals surface area contributed by atoms with Crippen molar-refractivity contribution in [2.45, 2.75) is 25.5 Å². The minimum Gasteiger partial charge on any atom is -0.591 e. The Morgan fingerprint density at radius 2 is 2.06 bits per heavy atom. The summed E-state index contributed by atoms with van der Waals surface area (Å²) in [5.41, 5.74) is 0.824. The van der Waals surface area contributed by atoms with Crippen LogP contribution in [0.15, 0.2) is 27.1 Å². The third-order valence-electron chi connectivity index (χ3n) is 1.77. The van der Waals surface area contributed by atoms with Gasteiger partial charge < -0.3 is 4.55 Å². The molecule has 0 fully saturated rings. The Morgan fingerprint density at radius 1 is 1.44 bits per heavy atom. The van der Waals surface area contributed by atoms with Crippen molar-refractivity contribution in [2.75, 3.05) is 0 Å². The van der Waals surface area contributed by atoms with E-state index in [0.717, 1.165) is 10.0 Å². The highest BCUT2D eigenvalue weighted by atomic mass is 79.9. The average molecular weight is 323 g/mol. The van der Waals surface area contributed by atoms with Gasteiger partial charge in [0, 0.05) is 15.1 Å². The molecule has 0 aliphatic rings. The first-order chi connectivity index (χ1) is 7.30. The van der Waals surface area contributed by atoms with Crippen molar-refractivity contribution in [1.29, 1.82) is 0 Å². The first kappa shape index (κ1) is 14.0. The summed E-state index contributed by atoms with van der Waals surface area (Å²) in [5, 5.41) is 0.631. The van der Waals surface area contributed by atoms with Gasteiger partial charge in [0.05, 0.1) is 6.21 Å². The van der Waals surface area contributed by atoms with E-state index in [9.17, 15) is 4.55 Å². The summed E-state index contributed by atoms with van der Waals surface area (Å²) < 4.78 is 16.3. The largest absolute Gasteiger partial charge is 0.591 e. The van der Waals surface area contributed by atoms with Gasteiger partial charge in [0.15, 0.2) is 0 Å². The van der Waals surface area contributed by atoms with Crippen molar-refractivity contribution < 1.29 is 4.55 Å². The third kappa shape index (κ3) is 4.09. The number of hydrogen-bond donors (Lipinski definition) is 0. The Hall–Kier alpha value is -0.0300. The SMILES string of the molecule is CC(C)(C)[S+]([O-])/N=C\c1cc(Cl)ccc1Br. The Morgan fingerprint density at radius 3 is 2.62 bits per heavy atom. The van der Waals surface area contributed by atoms with Crippen LogP contribution in [0.2, 0.25) is 5.02 Å². The van der Waals surface area contributed by atoms with Gasteiger partial charge in [0.2, 0.25) is 0 Å². The molecule has 88 valence electrons. The highest BCUT2D eigenvalue weighted by Gasteiger charge is 2.25. The maximum Gasteiger partial charge on any atom is 0.144 e. The summed E-state index contributed by atoms with van der Waals surface area (Å²) in [5.74, 6) is 0. The van der Waals surface area contributed by atoms with Crippen LogP contribution in [-0.4, -0.2) is 15.5 Å². The minimum atomic E-state index is -1.25. The highest BCUT2D eigenvalue weighted by molar-refractivity contribution is 9.10. The zero-order valence-corrected chi connectivity index (χ0v) is 12.5. The second kappa shape index (κ2) is 5.54. The quantitative estimate of drug-likeness (QED) is 0.599. The van der Waals surface area contributed by atoms with E-state index >= 15 is 0 Å². The van der Waals surface area contributed by atoms with Crippen molar-refractivity contribution in [3.05, 3.63) is 33.3 Å². The first-order valence-electron chi connectivity index (χ1n) is 4.72. The van der Waals surface area contributed by atoms with Crippen molar-refractivity contribution in [3.8, 4) is 0 Å². The monoisotopic (exact) mass is 321 g/mol. The molecule has 0 aliphatic heterocycles. The number of nitrogens with zero attached hydrogens (tertiary/aromatic N) is 1. The normalized spacial score (nSPS) is 14.4. The second-order valence-corrected chi connectivity index (χ2v) is 7.49. The van der Waals surface area contributed by atoms with Crippen LogP contribution >= 0.6 is 27.5 Å². The summed E-state index contributed by atoms with van der Waals surface area (Å²) in [4.78, 5) is 0. The summed E-state index contributed by atoms with van der Waals surface area (Å²) >= 11 is 8.00. The number of benzene rings is 1. The lowest BCUT2D eigenvalue weighted by Crippen LogP contribution is -2.25. The standard InChI is InChI=1S/C11H13BrClNOS/c1-11(2,3)16(15)14-7-8-6-9(13)4-5-10(8)12/h4-7H,1-3H3/b14-7-. The Labute approximate surface area is 113 Å². The van der Waals surface area contributed by atoms with E-state index in [1.807, 2.05) is 26.8 Å². The zero-order valence-electron chi connectivity index (χ0n) is 9.33. The first-order valence-corrected chi connectivity index (χ1v) is 6.99. The van der Waals surface area contributed by atoms with Gasteiger partial charge in [0.25, 0.3) is 0 Å². The summed E-state index contributed by atoms with van der Waals surface area (Å²) in [6, 6.07) is 5.39. The van der Waals surface area contributed by atoms with Crippen LogP contribution < -0.4 is 0 Å². The second-order valence-electron chi connectivity index (χ2n) is 4.26. The van der Waals surface area contributed by atoms with Crippen LogP contribution in [0.5, 0.6) is 0 Å². The maximum absolute atomic E-state index is 11.7. The topological polar surface area (TPSA) is 35.4 Å². The molecule has 0 amide bonds. The summed E-state index contributed by atoms with van der Waals surface area (Å²) in [7, 11) is 0. The number of hydrogen-bond acceptors (Lipinski definition) is 2. The zero-order chi connectivity index (χ0) is 12.3. The molecule has 1 unspecified atom stereocenters. The van der Waals surface area contributed by atoms with Gasteiger partial charge in [0.1, 0.15) is 16.1 Å². The molecule has 0 N–H and O–H groups in total. The van der Waals surface area contributed by atoms with Gasteiger partial charge >= 0.3 is 0 Å². The molecule has 0 saturated carbocycles. The predicted molar refractivity (Wildman–Crippen MR) is 74.6 cm³/mol. The van der Waals surface area contributed by atoms with E-state index in [4.69, 9.17) is 11.6 Å². The minimum absolute atomic E-state index is 0.346. The smallest absolute Gasteiger partial charge is 0.144 e. The van der Waals surface area contributed by atoms with Crippen LogP contribution in [0, 0.1) is 0 Å². The van der Waals surface area contributed by atoms with Crippen LogP contribution in [0.4, 0.5) is 0 Å². The van der Waals surface area contributed by atoms with Crippen molar-refractivity contribution >= 4 is 45.1 Å². The molecule has 1 aromatic carbocycles. The lowest BCUT2D eigenvalue weighted by atomic mass is 10.2. The van der Waals surface area contributed by atoms with Gasteiger partial charge in [-0.3, -0.25) is 0 Å². The Kier molecular flexibility index (Phi) is 4.86.